The molecule has 16 heavy (non-hydrogen) atoms. The van der Waals surface area contributed by atoms with Gasteiger partial charge in [0, 0.05) is 32.7 Å². The zero-order valence-corrected chi connectivity index (χ0v) is 11.7. The van der Waals surface area contributed by atoms with E-state index in [0.29, 0.717) is 0 Å². The molecule has 1 aliphatic heterocycles. The third kappa shape index (κ3) is 6.08. The van der Waals surface area contributed by atoms with Crippen LogP contribution in [0.4, 0.5) is 0 Å². The highest BCUT2D eigenvalue weighted by Gasteiger charge is 2.22. The van der Waals surface area contributed by atoms with Gasteiger partial charge < -0.3 is 21.3 Å². The number of halogens is 3. The number of nitrogens with zero attached hydrogens (tertiary/aromatic N) is 2. The fraction of sp³-hybridized carbons (Fsp3) is 0.875. The Morgan fingerprint density at radius 1 is 1.19 bits per heavy atom. The van der Waals surface area contributed by atoms with Gasteiger partial charge in [-0.05, 0) is 7.05 Å². The van der Waals surface area contributed by atoms with Crippen LogP contribution in [0.25, 0.3) is 0 Å². The van der Waals surface area contributed by atoms with Crippen LogP contribution in [-0.4, -0.2) is 61.5 Å². The van der Waals surface area contributed by atoms with Crippen LogP contribution in [0.1, 0.15) is 0 Å². The zero-order chi connectivity index (χ0) is 9.84. The summed E-state index contributed by atoms with van der Waals surface area (Å²) in [5.74, 6) is -0.0180. The van der Waals surface area contributed by atoms with Crippen molar-refractivity contribution >= 4 is 43.1 Å². The van der Waals surface area contributed by atoms with Crippen LogP contribution in [0.3, 0.4) is 0 Å². The molecule has 1 amide bonds. The van der Waals surface area contributed by atoms with E-state index >= 15 is 0 Å². The summed E-state index contributed by atoms with van der Waals surface area (Å²) in [7, 11) is 2.05. The third-order valence-corrected chi connectivity index (χ3v) is 2.39. The SMILES string of the molecule is CN1CCN(C(=O)[C@H](N)CN)CC1.Cl.Cl.Cl. The normalized spacial score (nSPS) is 17.6. The molecule has 0 aliphatic carbocycles. The second-order valence-corrected chi connectivity index (χ2v) is 3.47. The van der Waals surface area contributed by atoms with E-state index in [1.54, 1.807) is 4.90 Å². The Hall–Kier alpha value is 0.220. The van der Waals surface area contributed by atoms with E-state index in [4.69, 9.17) is 11.5 Å². The van der Waals surface area contributed by atoms with Gasteiger partial charge in [0.25, 0.3) is 0 Å². The van der Waals surface area contributed by atoms with E-state index in [0.717, 1.165) is 26.2 Å². The monoisotopic (exact) mass is 294 g/mol. The standard InChI is InChI=1S/C8H18N4O.3ClH/c1-11-2-4-12(5-3-11)8(13)7(10)6-9;;;/h7H,2-6,9-10H2,1H3;3*1H/t7-;;;/m1.../s1. The van der Waals surface area contributed by atoms with Crippen LogP contribution in [0.2, 0.25) is 0 Å². The maximum Gasteiger partial charge on any atom is 0.240 e. The highest BCUT2D eigenvalue weighted by Crippen LogP contribution is 2.00. The molecule has 0 unspecified atom stereocenters. The number of amides is 1. The van der Waals surface area contributed by atoms with E-state index in [1.807, 2.05) is 7.05 Å². The Balaban J connectivity index is -0.000000563. The van der Waals surface area contributed by atoms with Crippen molar-refractivity contribution in [3.63, 3.8) is 0 Å². The first-order chi connectivity index (χ1) is 6.15. The Kier molecular flexibility index (Phi) is 13.9. The van der Waals surface area contributed by atoms with Crippen molar-refractivity contribution in [2.75, 3.05) is 39.8 Å². The van der Waals surface area contributed by atoms with Gasteiger partial charge in [0.05, 0.1) is 6.04 Å². The smallest absolute Gasteiger partial charge is 0.240 e. The first-order valence-corrected chi connectivity index (χ1v) is 4.58. The second-order valence-electron chi connectivity index (χ2n) is 3.47. The average Bonchev–Trinajstić information content (AvgIpc) is 2.17. The number of hydrogen-bond acceptors (Lipinski definition) is 4. The van der Waals surface area contributed by atoms with E-state index in [-0.39, 0.29) is 49.7 Å². The van der Waals surface area contributed by atoms with Gasteiger partial charge in [-0.2, -0.15) is 0 Å². The van der Waals surface area contributed by atoms with Gasteiger partial charge >= 0.3 is 0 Å². The summed E-state index contributed by atoms with van der Waals surface area (Å²) >= 11 is 0. The molecular weight excluding hydrogens is 274 g/mol. The Bertz CT molecular complexity index is 188. The Morgan fingerprint density at radius 3 is 2.00 bits per heavy atom. The zero-order valence-electron chi connectivity index (χ0n) is 9.30. The number of rotatable bonds is 2. The maximum absolute atomic E-state index is 11.5. The third-order valence-electron chi connectivity index (χ3n) is 2.39. The quantitative estimate of drug-likeness (QED) is 0.707. The minimum atomic E-state index is -0.525. The van der Waals surface area contributed by atoms with Gasteiger partial charge in [-0.15, -0.1) is 37.2 Å². The lowest BCUT2D eigenvalue weighted by Crippen LogP contribution is -2.54. The van der Waals surface area contributed by atoms with E-state index < -0.39 is 6.04 Å². The molecule has 0 radical (unpaired) electrons. The van der Waals surface area contributed by atoms with Crippen molar-refractivity contribution < 1.29 is 4.79 Å². The van der Waals surface area contributed by atoms with Crippen molar-refractivity contribution in [3.8, 4) is 0 Å². The molecule has 1 rings (SSSR count). The summed E-state index contributed by atoms with van der Waals surface area (Å²) in [5.41, 5.74) is 10.9. The van der Waals surface area contributed by atoms with Gasteiger partial charge in [-0.25, -0.2) is 0 Å². The second kappa shape index (κ2) is 10.4. The molecule has 0 bridgehead atoms. The van der Waals surface area contributed by atoms with Gasteiger partial charge in [0.1, 0.15) is 0 Å². The summed E-state index contributed by atoms with van der Waals surface area (Å²) < 4.78 is 0. The summed E-state index contributed by atoms with van der Waals surface area (Å²) in [5, 5.41) is 0. The van der Waals surface area contributed by atoms with Crippen LogP contribution in [-0.2, 0) is 4.79 Å². The van der Waals surface area contributed by atoms with E-state index in [1.165, 1.54) is 0 Å². The number of likely N-dealkylation sites (N-methyl/N-ethyl adjacent to an activating group) is 1. The highest BCUT2D eigenvalue weighted by molar-refractivity contribution is 5.86. The molecule has 0 spiro atoms. The summed E-state index contributed by atoms with van der Waals surface area (Å²) in [6.45, 7) is 3.60. The lowest BCUT2D eigenvalue weighted by molar-refractivity contribution is -0.133. The molecule has 1 heterocycles. The lowest BCUT2D eigenvalue weighted by atomic mass is 10.2. The number of nitrogens with two attached hydrogens (primary N) is 2. The Morgan fingerprint density at radius 2 is 1.62 bits per heavy atom. The molecule has 1 saturated heterocycles. The van der Waals surface area contributed by atoms with Gasteiger partial charge in [-0.3, -0.25) is 4.79 Å². The molecule has 8 heteroatoms. The first kappa shape index (κ1) is 21.5. The lowest BCUT2D eigenvalue weighted by Gasteiger charge is -2.33. The van der Waals surface area contributed by atoms with Gasteiger partial charge in [0.15, 0.2) is 0 Å². The minimum absolute atomic E-state index is 0. The maximum atomic E-state index is 11.5. The molecule has 0 saturated carbocycles. The van der Waals surface area contributed by atoms with Crippen molar-refractivity contribution in [2.45, 2.75) is 6.04 Å². The summed E-state index contributed by atoms with van der Waals surface area (Å²) in [6, 6.07) is -0.525. The molecule has 5 nitrogen and oxygen atoms in total. The van der Waals surface area contributed by atoms with Crippen molar-refractivity contribution in [2.24, 2.45) is 11.5 Å². The molecule has 1 atom stereocenters. The Labute approximate surface area is 115 Å². The van der Waals surface area contributed by atoms with E-state index in [9.17, 15) is 4.79 Å². The van der Waals surface area contributed by atoms with E-state index in [2.05, 4.69) is 4.90 Å². The fourth-order valence-electron chi connectivity index (χ4n) is 1.36. The summed E-state index contributed by atoms with van der Waals surface area (Å²) in [6.07, 6.45) is 0. The topological polar surface area (TPSA) is 75.6 Å². The van der Waals surface area contributed by atoms with Gasteiger partial charge in [0.2, 0.25) is 5.91 Å². The molecule has 100 valence electrons. The first-order valence-electron chi connectivity index (χ1n) is 4.58. The number of carbonyl (C=O) groups excluding carboxylic acids is 1. The number of piperazine rings is 1. The van der Waals surface area contributed by atoms with Crippen molar-refractivity contribution in [3.05, 3.63) is 0 Å². The fourth-order valence-corrected chi connectivity index (χ4v) is 1.36. The number of carbonyl (C=O) groups is 1. The van der Waals surface area contributed by atoms with Crippen LogP contribution in [0, 0.1) is 0 Å². The van der Waals surface area contributed by atoms with Gasteiger partial charge in [-0.1, -0.05) is 0 Å². The van der Waals surface area contributed by atoms with Crippen LogP contribution < -0.4 is 11.5 Å². The minimum Gasteiger partial charge on any atom is -0.339 e. The van der Waals surface area contributed by atoms with Crippen molar-refractivity contribution in [1.82, 2.24) is 9.80 Å². The highest BCUT2D eigenvalue weighted by atomic mass is 35.5. The molecule has 4 N–H and O–H groups in total. The largest absolute Gasteiger partial charge is 0.339 e. The number of hydrogen-bond donors (Lipinski definition) is 2. The molecule has 1 fully saturated rings. The van der Waals surface area contributed by atoms with Crippen molar-refractivity contribution in [1.29, 1.82) is 0 Å². The van der Waals surface area contributed by atoms with Crippen LogP contribution in [0.5, 0.6) is 0 Å². The molecule has 0 aromatic heterocycles. The predicted molar refractivity (Wildman–Crippen MR) is 72.9 cm³/mol. The molecule has 0 aromatic carbocycles. The predicted octanol–water partition coefficient (Wildman–Crippen LogP) is -0.688. The summed E-state index contributed by atoms with van der Waals surface area (Å²) in [4.78, 5) is 15.5. The molecule has 0 aromatic rings. The van der Waals surface area contributed by atoms with Crippen LogP contribution in [0.15, 0.2) is 0 Å². The molecular formula is C8H21Cl3N4O. The molecule has 1 aliphatic rings. The average molecular weight is 296 g/mol. The van der Waals surface area contributed by atoms with Crippen LogP contribution >= 0.6 is 37.2 Å².